The van der Waals surface area contributed by atoms with Gasteiger partial charge in [0.2, 0.25) is 10.0 Å². The van der Waals surface area contributed by atoms with Crippen molar-refractivity contribution in [1.82, 2.24) is 4.31 Å². The molecule has 0 spiro atoms. The van der Waals surface area contributed by atoms with E-state index in [1.807, 2.05) is 0 Å². The van der Waals surface area contributed by atoms with Crippen molar-refractivity contribution < 1.29 is 18.4 Å². The predicted molar refractivity (Wildman–Crippen MR) is 68.0 cm³/mol. The number of sulfonamides is 1. The molecule has 3 N–H and O–H groups in total. The summed E-state index contributed by atoms with van der Waals surface area (Å²) in [6, 6.07) is 5.04. The minimum absolute atomic E-state index is 0.100. The molecule has 0 aliphatic rings. The topological polar surface area (TPSA) is 127 Å². The van der Waals surface area contributed by atoms with Crippen molar-refractivity contribution in [2.24, 2.45) is 5.73 Å². The molecule has 19 heavy (non-hydrogen) atoms. The van der Waals surface area contributed by atoms with E-state index in [0.717, 1.165) is 16.4 Å². The third kappa shape index (κ3) is 3.47. The SMILES string of the molecule is CN(C[C@H](O)CN)S(=O)(=O)c1ccccc1[N+](=O)[O-]. The standard InChI is InChI=1S/C10H15N3O5S/c1-12(7-8(14)6-11)19(17,18)10-5-3-2-4-9(10)13(15)16/h2-5,8,14H,6-7,11H2,1H3/t8-/m1/s1. The van der Waals surface area contributed by atoms with Gasteiger partial charge in [0.15, 0.2) is 4.90 Å². The van der Waals surface area contributed by atoms with Crippen LogP contribution in [0.15, 0.2) is 29.2 Å². The maximum atomic E-state index is 12.2. The molecule has 0 fully saturated rings. The van der Waals surface area contributed by atoms with Gasteiger partial charge in [0, 0.05) is 26.2 Å². The molecule has 1 atom stereocenters. The molecule has 0 radical (unpaired) electrons. The number of hydrogen-bond acceptors (Lipinski definition) is 6. The summed E-state index contributed by atoms with van der Waals surface area (Å²) < 4.78 is 25.2. The molecular formula is C10H15N3O5S. The van der Waals surface area contributed by atoms with Gasteiger partial charge in [-0.15, -0.1) is 0 Å². The number of hydrogen-bond donors (Lipinski definition) is 2. The maximum Gasteiger partial charge on any atom is 0.289 e. The molecule has 8 nitrogen and oxygen atoms in total. The van der Waals surface area contributed by atoms with Gasteiger partial charge in [0.05, 0.1) is 11.0 Å². The van der Waals surface area contributed by atoms with E-state index in [1.54, 1.807) is 0 Å². The minimum Gasteiger partial charge on any atom is -0.390 e. The summed E-state index contributed by atoms with van der Waals surface area (Å²) >= 11 is 0. The molecule has 0 unspecified atom stereocenters. The van der Waals surface area contributed by atoms with Crippen LogP contribution in [0.5, 0.6) is 0 Å². The van der Waals surface area contributed by atoms with Crippen molar-refractivity contribution in [1.29, 1.82) is 0 Å². The second-order valence-corrected chi connectivity index (χ2v) is 5.91. The zero-order valence-electron chi connectivity index (χ0n) is 10.3. The zero-order valence-corrected chi connectivity index (χ0v) is 11.1. The number of benzene rings is 1. The van der Waals surface area contributed by atoms with Crippen LogP contribution in [0.1, 0.15) is 0 Å². The van der Waals surface area contributed by atoms with E-state index in [0.29, 0.717) is 0 Å². The van der Waals surface area contributed by atoms with E-state index >= 15 is 0 Å². The highest BCUT2D eigenvalue weighted by atomic mass is 32.2. The summed E-state index contributed by atoms with van der Waals surface area (Å²) in [5, 5.41) is 20.2. The number of rotatable bonds is 6. The van der Waals surface area contributed by atoms with Gasteiger partial charge in [-0.25, -0.2) is 8.42 Å². The monoisotopic (exact) mass is 289 g/mol. The normalized spacial score (nSPS) is 13.5. The second kappa shape index (κ2) is 6.06. The summed E-state index contributed by atoms with van der Waals surface area (Å²) in [6.07, 6.45) is -1.03. The summed E-state index contributed by atoms with van der Waals surface area (Å²) in [4.78, 5) is 9.65. The Kier molecular flexibility index (Phi) is 4.95. The highest BCUT2D eigenvalue weighted by Gasteiger charge is 2.29. The fraction of sp³-hybridized carbons (Fsp3) is 0.400. The quantitative estimate of drug-likeness (QED) is 0.538. The van der Waals surface area contributed by atoms with Crippen LogP contribution in [0.4, 0.5) is 5.69 Å². The summed E-state index contributed by atoms with van der Waals surface area (Å²) in [7, 11) is -2.82. The number of nitrogens with two attached hydrogens (primary N) is 1. The van der Waals surface area contributed by atoms with Gasteiger partial charge in [-0.3, -0.25) is 10.1 Å². The van der Waals surface area contributed by atoms with E-state index in [4.69, 9.17) is 5.73 Å². The van der Waals surface area contributed by atoms with E-state index < -0.39 is 31.6 Å². The highest BCUT2D eigenvalue weighted by Crippen LogP contribution is 2.25. The van der Waals surface area contributed by atoms with Crippen LogP contribution in [0.3, 0.4) is 0 Å². The largest absolute Gasteiger partial charge is 0.390 e. The van der Waals surface area contributed by atoms with Gasteiger partial charge in [0.25, 0.3) is 5.69 Å². The Morgan fingerprint density at radius 3 is 2.58 bits per heavy atom. The molecular weight excluding hydrogens is 274 g/mol. The molecule has 106 valence electrons. The fourth-order valence-corrected chi connectivity index (χ4v) is 2.82. The summed E-state index contributed by atoms with van der Waals surface area (Å²) in [5.41, 5.74) is 4.70. The van der Waals surface area contributed by atoms with Gasteiger partial charge in [-0.2, -0.15) is 4.31 Å². The lowest BCUT2D eigenvalue weighted by molar-refractivity contribution is -0.387. The molecule has 0 saturated carbocycles. The van der Waals surface area contributed by atoms with Crippen molar-refractivity contribution in [2.75, 3.05) is 20.1 Å². The molecule has 0 aliphatic heterocycles. The number of aliphatic hydroxyl groups is 1. The zero-order chi connectivity index (χ0) is 14.6. The van der Waals surface area contributed by atoms with E-state index in [2.05, 4.69) is 0 Å². The van der Waals surface area contributed by atoms with Crippen LogP contribution in [0, 0.1) is 10.1 Å². The first-order chi connectivity index (χ1) is 8.80. The number of likely N-dealkylation sites (N-methyl/N-ethyl adjacent to an activating group) is 1. The van der Waals surface area contributed by atoms with Gasteiger partial charge in [-0.1, -0.05) is 12.1 Å². The smallest absolute Gasteiger partial charge is 0.289 e. The summed E-state index contributed by atoms with van der Waals surface area (Å²) in [6.45, 7) is -0.332. The first-order valence-corrected chi connectivity index (χ1v) is 6.82. The Labute approximate surface area is 110 Å². The van der Waals surface area contributed by atoms with E-state index in [9.17, 15) is 23.6 Å². The van der Waals surface area contributed by atoms with Crippen molar-refractivity contribution >= 4 is 15.7 Å². The highest BCUT2D eigenvalue weighted by molar-refractivity contribution is 7.89. The van der Waals surface area contributed by atoms with Gasteiger partial charge in [0.1, 0.15) is 0 Å². The van der Waals surface area contributed by atoms with Crippen molar-refractivity contribution in [3.8, 4) is 0 Å². The predicted octanol–water partition coefficient (Wildman–Crippen LogP) is -0.465. The first-order valence-electron chi connectivity index (χ1n) is 5.38. The maximum absolute atomic E-state index is 12.2. The van der Waals surface area contributed by atoms with Crippen LogP contribution in [-0.4, -0.2) is 49.0 Å². The molecule has 9 heteroatoms. The lowest BCUT2D eigenvalue weighted by atomic mass is 10.3. The Morgan fingerprint density at radius 2 is 2.05 bits per heavy atom. The van der Waals surface area contributed by atoms with Gasteiger partial charge >= 0.3 is 0 Å². The first kappa shape index (κ1) is 15.5. The van der Waals surface area contributed by atoms with Crippen molar-refractivity contribution in [3.05, 3.63) is 34.4 Å². The molecule has 1 aromatic carbocycles. The summed E-state index contributed by atoms with van der Waals surface area (Å²) in [5.74, 6) is 0. The number of nitro benzene ring substituents is 1. The van der Waals surface area contributed by atoms with Crippen LogP contribution in [-0.2, 0) is 10.0 Å². The second-order valence-electron chi connectivity index (χ2n) is 3.90. The van der Waals surface area contributed by atoms with Crippen molar-refractivity contribution in [3.63, 3.8) is 0 Å². The third-order valence-electron chi connectivity index (χ3n) is 2.49. The molecule has 0 bridgehead atoms. The lowest BCUT2D eigenvalue weighted by Gasteiger charge is -2.19. The molecule has 1 aromatic rings. The van der Waals surface area contributed by atoms with Crippen LogP contribution in [0.2, 0.25) is 0 Å². The van der Waals surface area contributed by atoms with Crippen molar-refractivity contribution in [2.45, 2.75) is 11.0 Å². The number of para-hydroxylation sites is 1. The molecule has 1 rings (SSSR count). The minimum atomic E-state index is -4.04. The Hall–Kier alpha value is -1.55. The van der Waals surface area contributed by atoms with E-state index in [1.165, 1.54) is 19.2 Å². The average Bonchev–Trinajstić information content (AvgIpc) is 2.38. The lowest BCUT2D eigenvalue weighted by Crippen LogP contribution is -2.37. The fourth-order valence-electron chi connectivity index (χ4n) is 1.46. The number of nitrogens with zero attached hydrogens (tertiary/aromatic N) is 2. The molecule has 0 amide bonds. The van der Waals surface area contributed by atoms with Crippen LogP contribution >= 0.6 is 0 Å². The van der Waals surface area contributed by atoms with Gasteiger partial charge < -0.3 is 10.8 Å². The van der Waals surface area contributed by atoms with Crippen LogP contribution in [0.25, 0.3) is 0 Å². The Balaban J connectivity index is 3.17. The number of nitro groups is 1. The molecule has 0 aliphatic carbocycles. The molecule has 0 saturated heterocycles. The number of aliphatic hydroxyl groups excluding tert-OH is 1. The van der Waals surface area contributed by atoms with E-state index in [-0.39, 0.29) is 13.1 Å². The van der Waals surface area contributed by atoms with Gasteiger partial charge in [-0.05, 0) is 6.07 Å². The molecule has 0 aromatic heterocycles. The third-order valence-corrected chi connectivity index (χ3v) is 4.36. The Morgan fingerprint density at radius 1 is 1.47 bits per heavy atom. The Bertz CT molecular complexity index is 560. The van der Waals surface area contributed by atoms with Crippen LogP contribution < -0.4 is 5.73 Å². The average molecular weight is 289 g/mol. The molecule has 0 heterocycles.